The van der Waals surface area contributed by atoms with Gasteiger partial charge < -0.3 is 13.7 Å². The monoisotopic (exact) mass is 354 g/mol. The predicted octanol–water partition coefficient (Wildman–Crippen LogP) is 4.47. The van der Waals surface area contributed by atoms with Crippen LogP contribution in [-0.2, 0) is 6.42 Å². The molecule has 0 bridgehead atoms. The number of ketones is 1. The van der Waals surface area contributed by atoms with Crippen LogP contribution in [0.1, 0.15) is 46.5 Å². The third-order valence-corrected chi connectivity index (χ3v) is 4.17. The Kier molecular flexibility index (Phi) is 5.21. The maximum atomic E-state index is 11.5. The molecule has 26 heavy (non-hydrogen) atoms. The van der Waals surface area contributed by atoms with Crippen LogP contribution in [0.4, 0.5) is 0 Å². The second-order valence-corrected chi connectivity index (χ2v) is 6.34. The summed E-state index contributed by atoms with van der Waals surface area (Å²) in [5, 5.41) is 3.96. The van der Waals surface area contributed by atoms with E-state index in [9.17, 15) is 4.79 Å². The number of carbonyl (C=O) groups excluding carboxylic acids is 1. The molecule has 1 aromatic carbocycles. The molecule has 0 aliphatic heterocycles. The van der Waals surface area contributed by atoms with Gasteiger partial charge in [-0.15, -0.1) is 0 Å². The van der Waals surface area contributed by atoms with Gasteiger partial charge in [0, 0.05) is 18.9 Å². The number of hydrogen-bond acceptors (Lipinski definition) is 6. The molecule has 6 nitrogen and oxygen atoms in total. The topological polar surface area (TPSA) is 78.4 Å². The minimum absolute atomic E-state index is 0.0219. The van der Waals surface area contributed by atoms with Crippen LogP contribution in [0.2, 0.25) is 0 Å². The Morgan fingerprint density at radius 3 is 2.54 bits per heavy atom. The van der Waals surface area contributed by atoms with Gasteiger partial charge in [-0.05, 0) is 56.5 Å². The van der Waals surface area contributed by atoms with E-state index in [1.54, 1.807) is 26.2 Å². The molecule has 136 valence electrons. The number of ether oxygens (including phenoxy) is 1. The highest BCUT2D eigenvalue weighted by Crippen LogP contribution is 2.29. The summed E-state index contributed by atoms with van der Waals surface area (Å²) in [6, 6.07) is 5.70. The summed E-state index contributed by atoms with van der Waals surface area (Å²) in [6.07, 6.45) is 2.98. The molecule has 0 fully saturated rings. The van der Waals surface area contributed by atoms with Gasteiger partial charge in [0.1, 0.15) is 11.5 Å². The number of hydrogen-bond donors (Lipinski definition) is 0. The molecule has 0 aliphatic carbocycles. The van der Waals surface area contributed by atoms with Gasteiger partial charge in [0.2, 0.25) is 11.7 Å². The van der Waals surface area contributed by atoms with Crippen LogP contribution in [0.3, 0.4) is 0 Å². The van der Waals surface area contributed by atoms with Gasteiger partial charge in [-0.2, -0.15) is 4.98 Å². The summed E-state index contributed by atoms with van der Waals surface area (Å²) >= 11 is 0. The summed E-state index contributed by atoms with van der Waals surface area (Å²) in [5.41, 5.74) is 3.60. The maximum Gasteiger partial charge on any atom is 0.223 e. The van der Waals surface area contributed by atoms with Gasteiger partial charge in [-0.1, -0.05) is 5.16 Å². The fourth-order valence-electron chi connectivity index (χ4n) is 2.98. The van der Waals surface area contributed by atoms with Crippen molar-refractivity contribution >= 4 is 5.78 Å². The minimum Gasteiger partial charge on any atom is -0.493 e. The van der Waals surface area contributed by atoms with E-state index < -0.39 is 0 Å². The molecule has 0 amide bonds. The van der Waals surface area contributed by atoms with Crippen molar-refractivity contribution in [3.63, 3.8) is 0 Å². The fraction of sp³-hybridized carbons (Fsp3) is 0.350. The Bertz CT molecular complexity index is 901. The highest BCUT2D eigenvalue weighted by molar-refractivity contribution is 5.94. The van der Waals surface area contributed by atoms with Crippen molar-refractivity contribution in [1.82, 2.24) is 10.1 Å². The van der Waals surface area contributed by atoms with Gasteiger partial charge >= 0.3 is 0 Å². The van der Waals surface area contributed by atoms with Crippen molar-refractivity contribution in [2.24, 2.45) is 0 Å². The molecular weight excluding hydrogens is 332 g/mol. The molecule has 3 aromatic rings. The number of aryl methyl sites for hydroxylation is 4. The Morgan fingerprint density at radius 1 is 1.19 bits per heavy atom. The summed E-state index contributed by atoms with van der Waals surface area (Å²) in [4.78, 5) is 15.8. The fourth-order valence-corrected chi connectivity index (χ4v) is 2.98. The molecule has 0 atom stereocenters. The Morgan fingerprint density at radius 2 is 1.92 bits per heavy atom. The van der Waals surface area contributed by atoms with Crippen LogP contribution in [0.15, 0.2) is 33.4 Å². The van der Waals surface area contributed by atoms with Gasteiger partial charge in [-0.3, -0.25) is 4.79 Å². The summed E-state index contributed by atoms with van der Waals surface area (Å²) in [6.45, 7) is 7.85. The van der Waals surface area contributed by atoms with Crippen molar-refractivity contribution < 1.29 is 18.5 Å². The number of Topliss-reactive ketones (excluding diaryl/α,β-unsaturated/α-hetero) is 1. The second kappa shape index (κ2) is 7.56. The van der Waals surface area contributed by atoms with E-state index in [1.165, 1.54) is 0 Å². The van der Waals surface area contributed by atoms with E-state index in [4.69, 9.17) is 13.7 Å². The summed E-state index contributed by atoms with van der Waals surface area (Å²) in [5.74, 6) is 2.72. The molecule has 0 spiro atoms. The number of rotatable bonds is 7. The Hall–Kier alpha value is -2.89. The Labute approximate surface area is 152 Å². The van der Waals surface area contributed by atoms with Gasteiger partial charge in [-0.25, -0.2) is 0 Å². The zero-order chi connectivity index (χ0) is 18.7. The van der Waals surface area contributed by atoms with Crippen molar-refractivity contribution in [3.05, 3.63) is 52.8 Å². The van der Waals surface area contributed by atoms with E-state index in [1.807, 2.05) is 26.0 Å². The normalized spacial score (nSPS) is 10.9. The van der Waals surface area contributed by atoms with Crippen LogP contribution < -0.4 is 4.74 Å². The largest absolute Gasteiger partial charge is 0.493 e. The average Bonchev–Trinajstić information content (AvgIpc) is 3.22. The van der Waals surface area contributed by atoms with Gasteiger partial charge in [0.05, 0.1) is 18.4 Å². The lowest BCUT2D eigenvalue weighted by Gasteiger charge is -2.13. The summed E-state index contributed by atoms with van der Waals surface area (Å²) in [7, 11) is 0. The van der Waals surface area contributed by atoms with Crippen LogP contribution in [0, 0.1) is 20.8 Å². The van der Waals surface area contributed by atoms with Gasteiger partial charge in [0.15, 0.2) is 5.78 Å². The smallest absolute Gasteiger partial charge is 0.223 e. The quantitative estimate of drug-likeness (QED) is 0.460. The predicted molar refractivity (Wildman–Crippen MR) is 96.5 cm³/mol. The maximum absolute atomic E-state index is 11.5. The average molecular weight is 354 g/mol. The first-order valence-corrected chi connectivity index (χ1v) is 8.57. The van der Waals surface area contributed by atoms with E-state index in [-0.39, 0.29) is 5.78 Å². The van der Waals surface area contributed by atoms with Crippen molar-refractivity contribution in [2.45, 2.75) is 40.5 Å². The molecule has 0 radical (unpaired) electrons. The number of furan rings is 1. The third kappa shape index (κ3) is 3.85. The number of benzene rings is 1. The zero-order valence-corrected chi connectivity index (χ0v) is 15.5. The van der Waals surface area contributed by atoms with Crippen LogP contribution >= 0.6 is 0 Å². The van der Waals surface area contributed by atoms with E-state index >= 15 is 0 Å². The second-order valence-electron chi connectivity index (χ2n) is 6.34. The molecule has 2 aromatic heterocycles. The van der Waals surface area contributed by atoms with Gasteiger partial charge in [0.25, 0.3) is 0 Å². The molecule has 0 N–H and O–H groups in total. The lowest BCUT2D eigenvalue weighted by molar-refractivity contribution is 0.101. The van der Waals surface area contributed by atoms with E-state index in [2.05, 4.69) is 10.1 Å². The molecule has 0 saturated heterocycles. The third-order valence-electron chi connectivity index (χ3n) is 4.17. The SMILES string of the molecule is CC(=O)c1ccoc1CCCOc1c(C)cc(-c2noc(C)n2)cc1C. The highest BCUT2D eigenvalue weighted by atomic mass is 16.5. The van der Waals surface area contributed by atoms with E-state index in [0.29, 0.717) is 30.3 Å². The molecule has 0 saturated carbocycles. The molecule has 0 aliphatic rings. The lowest BCUT2D eigenvalue weighted by Crippen LogP contribution is -2.04. The molecule has 3 rings (SSSR count). The van der Waals surface area contributed by atoms with Crippen LogP contribution in [0.5, 0.6) is 5.75 Å². The van der Waals surface area contributed by atoms with E-state index in [0.717, 1.165) is 34.6 Å². The highest BCUT2D eigenvalue weighted by Gasteiger charge is 2.13. The van der Waals surface area contributed by atoms with Crippen molar-refractivity contribution in [1.29, 1.82) is 0 Å². The van der Waals surface area contributed by atoms with Crippen molar-refractivity contribution in [3.8, 4) is 17.1 Å². The number of aromatic nitrogens is 2. The van der Waals surface area contributed by atoms with Crippen LogP contribution in [0.25, 0.3) is 11.4 Å². The van der Waals surface area contributed by atoms with Crippen LogP contribution in [-0.4, -0.2) is 22.5 Å². The summed E-state index contributed by atoms with van der Waals surface area (Å²) < 4.78 is 16.4. The first kappa shape index (κ1) is 17.9. The molecular formula is C20H22N2O4. The Balaban J connectivity index is 1.63. The number of carbonyl (C=O) groups is 1. The molecule has 0 unspecified atom stereocenters. The lowest BCUT2D eigenvalue weighted by atomic mass is 10.1. The number of nitrogens with zero attached hydrogens (tertiary/aromatic N) is 2. The first-order valence-electron chi connectivity index (χ1n) is 8.57. The molecule has 6 heteroatoms. The van der Waals surface area contributed by atoms with Crippen molar-refractivity contribution in [2.75, 3.05) is 6.61 Å². The standard InChI is InChI=1S/C20H22N2O4/c1-12-10-16(20-21-15(4)26-22-20)11-13(2)19(12)25-8-5-6-18-17(14(3)23)7-9-24-18/h7,9-11H,5-6,8H2,1-4H3. The zero-order valence-electron chi connectivity index (χ0n) is 15.5. The minimum atomic E-state index is 0.0219. The molecule has 2 heterocycles. The first-order chi connectivity index (χ1) is 12.5.